The Labute approximate surface area is 268 Å². The molecule has 0 amide bonds. The summed E-state index contributed by atoms with van der Waals surface area (Å²) in [4.78, 5) is 17.3. The molecule has 0 saturated carbocycles. The fourth-order valence-electron chi connectivity index (χ4n) is 7.06. The zero-order chi connectivity index (χ0) is 30.2. The van der Waals surface area contributed by atoms with Crippen molar-refractivity contribution < 1.29 is 0 Å². The highest BCUT2D eigenvalue weighted by Gasteiger charge is 2.27. The molecule has 5 heteroatoms. The monoisotopic (exact) mass is 604 g/mol. The quantitative estimate of drug-likeness (QED) is 0.201. The zero-order valence-corrected chi connectivity index (χ0v) is 25.4. The number of pyridine rings is 1. The summed E-state index contributed by atoms with van der Waals surface area (Å²) < 4.78 is 2.28. The fraction of sp³-hybridized carbons (Fsp3) is 0. The molecule has 0 radical (unpaired) electrons. The Morgan fingerprint density at radius 1 is 0.587 bits per heavy atom. The molecule has 0 atom stereocenters. The number of thiophene rings is 1. The smallest absolute Gasteiger partial charge is 0.160 e. The Morgan fingerprint density at radius 2 is 1.39 bits per heavy atom. The first-order valence-electron chi connectivity index (χ1n) is 15.4. The summed E-state index contributed by atoms with van der Waals surface area (Å²) in [6, 6.07) is 47.6. The van der Waals surface area contributed by atoms with Crippen LogP contribution in [0.1, 0.15) is 0 Å². The molecule has 214 valence electrons. The molecule has 0 unspecified atom stereocenters. The maximum absolute atomic E-state index is 5.23. The summed E-state index contributed by atoms with van der Waals surface area (Å²) in [7, 11) is 0. The second-order valence-electron chi connectivity index (χ2n) is 11.7. The zero-order valence-electron chi connectivity index (χ0n) is 24.6. The van der Waals surface area contributed by atoms with E-state index in [9.17, 15) is 0 Å². The van der Waals surface area contributed by atoms with Gasteiger partial charge in [0.05, 0.1) is 27.3 Å². The Hall–Kier alpha value is -5.91. The van der Waals surface area contributed by atoms with Gasteiger partial charge in [0.1, 0.15) is 0 Å². The highest BCUT2D eigenvalue weighted by atomic mass is 32.1. The van der Waals surface area contributed by atoms with Crippen molar-refractivity contribution in [3.8, 4) is 33.8 Å². The van der Waals surface area contributed by atoms with E-state index >= 15 is 0 Å². The highest BCUT2D eigenvalue weighted by molar-refractivity contribution is 7.26. The molecule has 0 saturated heterocycles. The van der Waals surface area contributed by atoms with Crippen LogP contribution in [0, 0.1) is 0 Å². The Morgan fingerprint density at radius 3 is 2.30 bits per heavy atom. The third-order valence-electron chi connectivity index (χ3n) is 9.06. The molecular formula is C41H24N4S. The molecule has 6 aromatic carbocycles. The molecular weight excluding hydrogens is 581 g/mol. The molecule has 0 fully saturated rings. The van der Waals surface area contributed by atoms with Crippen molar-refractivity contribution in [1.29, 1.82) is 0 Å². The Balaban J connectivity index is 1.23. The van der Waals surface area contributed by atoms with Crippen molar-refractivity contribution in [2.45, 2.75) is 0 Å². The van der Waals surface area contributed by atoms with Crippen LogP contribution in [0.3, 0.4) is 0 Å². The van der Waals surface area contributed by atoms with Gasteiger partial charge < -0.3 is 4.90 Å². The number of hydrogen-bond donors (Lipinski definition) is 0. The number of hydrogen-bond acceptors (Lipinski definition) is 5. The SMILES string of the molecule is c1cncc(-c2nc(-c3cccc(N4c5ccc6ccccc6c5-c5cccc6cccc4c56)c3)nc3c2sc2ccccc23)c1. The van der Waals surface area contributed by atoms with Gasteiger partial charge in [0.2, 0.25) is 0 Å². The van der Waals surface area contributed by atoms with Crippen molar-refractivity contribution in [3.05, 3.63) is 146 Å². The summed E-state index contributed by atoms with van der Waals surface area (Å²) >= 11 is 1.74. The lowest BCUT2D eigenvalue weighted by molar-refractivity contribution is 1.22. The lowest BCUT2D eigenvalue weighted by Gasteiger charge is -2.34. The van der Waals surface area contributed by atoms with Gasteiger partial charge in [0, 0.05) is 50.2 Å². The second-order valence-corrected chi connectivity index (χ2v) is 12.7. The van der Waals surface area contributed by atoms with Gasteiger partial charge in [0.15, 0.2) is 5.82 Å². The molecule has 4 heterocycles. The lowest BCUT2D eigenvalue weighted by atomic mass is 9.87. The standard InChI is InChI=1S/C41H24N4S/c1-2-15-30-25(9-1)20-21-34-37(30)32-17-6-10-26-11-7-18-33(36(26)32)45(34)29-14-5-12-27(23-29)41-43-38(28-13-8-22-42-24-28)40-39(44-41)31-16-3-4-19-35(31)46-40/h1-24H. The van der Waals surface area contributed by atoms with Crippen LogP contribution in [-0.2, 0) is 0 Å². The predicted molar refractivity (Wildman–Crippen MR) is 192 cm³/mol. The van der Waals surface area contributed by atoms with Gasteiger partial charge in [-0.05, 0) is 64.2 Å². The summed E-state index contributed by atoms with van der Waals surface area (Å²) in [6.45, 7) is 0. The number of fused-ring (bicyclic) bond motifs is 7. The first-order valence-corrected chi connectivity index (χ1v) is 16.2. The van der Waals surface area contributed by atoms with Crippen LogP contribution in [0.4, 0.5) is 17.1 Å². The van der Waals surface area contributed by atoms with Gasteiger partial charge in [-0.1, -0.05) is 91.0 Å². The number of aromatic nitrogens is 3. The van der Waals surface area contributed by atoms with Crippen LogP contribution in [0.25, 0.3) is 75.6 Å². The fourth-order valence-corrected chi connectivity index (χ4v) is 8.21. The molecule has 0 N–H and O–H groups in total. The van der Waals surface area contributed by atoms with E-state index in [-0.39, 0.29) is 0 Å². The average Bonchev–Trinajstić information content (AvgIpc) is 3.50. The van der Waals surface area contributed by atoms with Gasteiger partial charge in [0.25, 0.3) is 0 Å². The molecule has 3 aromatic heterocycles. The van der Waals surface area contributed by atoms with Gasteiger partial charge in [-0.2, -0.15) is 0 Å². The minimum Gasteiger partial charge on any atom is -0.309 e. The van der Waals surface area contributed by atoms with E-state index in [1.54, 1.807) is 17.5 Å². The first kappa shape index (κ1) is 25.4. The minimum absolute atomic E-state index is 0.700. The van der Waals surface area contributed by atoms with Gasteiger partial charge >= 0.3 is 0 Å². The maximum atomic E-state index is 5.23. The van der Waals surface area contributed by atoms with E-state index in [0.29, 0.717) is 5.82 Å². The topological polar surface area (TPSA) is 41.9 Å². The highest BCUT2D eigenvalue weighted by Crippen LogP contribution is 2.53. The number of nitrogens with zero attached hydrogens (tertiary/aromatic N) is 4. The lowest BCUT2D eigenvalue weighted by Crippen LogP contribution is -2.15. The van der Waals surface area contributed by atoms with Crippen molar-refractivity contribution in [3.63, 3.8) is 0 Å². The molecule has 1 aliphatic rings. The molecule has 4 nitrogen and oxygen atoms in total. The van der Waals surface area contributed by atoms with E-state index < -0.39 is 0 Å². The molecule has 10 rings (SSSR count). The number of benzene rings is 6. The van der Waals surface area contributed by atoms with E-state index in [4.69, 9.17) is 9.97 Å². The second kappa shape index (κ2) is 9.80. The molecule has 0 spiro atoms. The Bertz CT molecular complexity index is 2650. The van der Waals surface area contributed by atoms with E-state index in [0.717, 1.165) is 38.1 Å². The van der Waals surface area contributed by atoms with Crippen LogP contribution >= 0.6 is 11.3 Å². The van der Waals surface area contributed by atoms with Crippen LogP contribution in [0.5, 0.6) is 0 Å². The summed E-state index contributed by atoms with van der Waals surface area (Å²) in [6.07, 6.45) is 3.69. The Kier molecular flexibility index (Phi) is 5.41. The number of rotatable bonds is 3. The molecule has 0 aliphatic carbocycles. The predicted octanol–water partition coefficient (Wildman–Crippen LogP) is 11.3. The van der Waals surface area contributed by atoms with Crippen molar-refractivity contribution in [1.82, 2.24) is 15.0 Å². The van der Waals surface area contributed by atoms with Crippen molar-refractivity contribution >= 4 is 70.2 Å². The largest absolute Gasteiger partial charge is 0.309 e. The van der Waals surface area contributed by atoms with Crippen molar-refractivity contribution in [2.75, 3.05) is 4.90 Å². The van der Waals surface area contributed by atoms with Crippen LogP contribution in [-0.4, -0.2) is 15.0 Å². The number of anilines is 3. The normalized spacial score (nSPS) is 12.3. The maximum Gasteiger partial charge on any atom is 0.160 e. The minimum atomic E-state index is 0.700. The summed E-state index contributed by atoms with van der Waals surface area (Å²) in [5, 5.41) is 6.13. The van der Waals surface area contributed by atoms with Gasteiger partial charge in [-0.25, -0.2) is 9.97 Å². The van der Waals surface area contributed by atoms with Gasteiger partial charge in [-0.15, -0.1) is 11.3 Å². The van der Waals surface area contributed by atoms with E-state index in [1.165, 1.54) is 48.7 Å². The van der Waals surface area contributed by atoms with E-state index in [2.05, 4.69) is 137 Å². The van der Waals surface area contributed by atoms with Crippen LogP contribution in [0.2, 0.25) is 0 Å². The molecule has 46 heavy (non-hydrogen) atoms. The summed E-state index contributed by atoms with van der Waals surface area (Å²) in [5.41, 5.74) is 9.77. The summed E-state index contributed by atoms with van der Waals surface area (Å²) in [5.74, 6) is 0.700. The van der Waals surface area contributed by atoms with Crippen LogP contribution < -0.4 is 4.90 Å². The molecule has 1 aliphatic heterocycles. The van der Waals surface area contributed by atoms with Crippen molar-refractivity contribution in [2.24, 2.45) is 0 Å². The third kappa shape index (κ3) is 3.69. The van der Waals surface area contributed by atoms with Crippen LogP contribution in [0.15, 0.2) is 146 Å². The van der Waals surface area contributed by atoms with Gasteiger partial charge in [-0.3, -0.25) is 4.98 Å². The first-order chi connectivity index (χ1) is 22.8. The third-order valence-corrected chi connectivity index (χ3v) is 10.2. The molecule has 9 aromatic rings. The average molecular weight is 605 g/mol. The molecule has 0 bridgehead atoms. The van der Waals surface area contributed by atoms with E-state index in [1.807, 2.05) is 12.3 Å².